The Hall–Kier alpha value is -8.25. The summed E-state index contributed by atoms with van der Waals surface area (Å²) in [7, 11) is 0. The molecular formula is C59H36N4S. The second-order valence-electron chi connectivity index (χ2n) is 16.3. The van der Waals surface area contributed by atoms with Gasteiger partial charge in [0.2, 0.25) is 0 Å². The molecule has 0 spiro atoms. The van der Waals surface area contributed by atoms with Crippen LogP contribution in [0.25, 0.3) is 126 Å². The number of para-hydroxylation sites is 1. The lowest BCUT2D eigenvalue weighted by Crippen LogP contribution is -2.02. The predicted octanol–water partition coefficient (Wildman–Crippen LogP) is 16.0. The van der Waals surface area contributed by atoms with Crippen LogP contribution in [-0.2, 0) is 0 Å². The summed E-state index contributed by atoms with van der Waals surface area (Å²) >= 11 is 1.87. The minimum absolute atomic E-state index is 0.611. The van der Waals surface area contributed by atoms with Crippen LogP contribution in [0.5, 0.6) is 0 Å². The molecule has 0 bridgehead atoms. The number of hydrogen-bond donors (Lipinski definition) is 0. The average molecular weight is 833 g/mol. The highest BCUT2D eigenvalue weighted by Crippen LogP contribution is 2.47. The lowest BCUT2D eigenvalue weighted by Gasteiger charge is -2.18. The van der Waals surface area contributed by atoms with E-state index in [1.54, 1.807) is 0 Å². The van der Waals surface area contributed by atoms with Gasteiger partial charge in [-0.2, -0.15) is 0 Å². The molecule has 64 heavy (non-hydrogen) atoms. The van der Waals surface area contributed by atoms with E-state index in [1.165, 1.54) is 58.1 Å². The highest BCUT2D eigenvalue weighted by Gasteiger charge is 2.23. The van der Waals surface area contributed by atoms with E-state index in [0.717, 1.165) is 50.1 Å². The maximum atomic E-state index is 5.37. The van der Waals surface area contributed by atoms with Crippen molar-refractivity contribution >= 4 is 74.9 Å². The van der Waals surface area contributed by atoms with Crippen molar-refractivity contribution in [2.45, 2.75) is 0 Å². The smallest absolute Gasteiger partial charge is 0.164 e. The molecule has 13 rings (SSSR count). The third-order valence-electron chi connectivity index (χ3n) is 12.6. The lowest BCUT2D eigenvalue weighted by atomic mass is 9.93. The second-order valence-corrected chi connectivity index (χ2v) is 17.4. The van der Waals surface area contributed by atoms with Crippen LogP contribution in [0.4, 0.5) is 0 Å². The predicted molar refractivity (Wildman–Crippen MR) is 269 cm³/mol. The monoisotopic (exact) mass is 832 g/mol. The van der Waals surface area contributed by atoms with Gasteiger partial charge in [-0.1, -0.05) is 170 Å². The van der Waals surface area contributed by atoms with Gasteiger partial charge in [0.15, 0.2) is 17.5 Å². The molecule has 0 saturated carbocycles. The number of thiophene rings is 1. The van der Waals surface area contributed by atoms with Crippen LogP contribution >= 0.6 is 11.3 Å². The van der Waals surface area contributed by atoms with Crippen LogP contribution in [-0.4, -0.2) is 19.5 Å². The number of hydrogen-bond acceptors (Lipinski definition) is 4. The zero-order chi connectivity index (χ0) is 42.1. The van der Waals surface area contributed by atoms with E-state index in [4.69, 9.17) is 15.0 Å². The maximum absolute atomic E-state index is 5.37. The van der Waals surface area contributed by atoms with E-state index < -0.39 is 0 Å². The molecule has 0 aliphatic carbocycles. The lowest BCUT2D eigenvalue weighted by molar-refractivity contribution is 1.07. The van der Waals surface area contributed by atoms with Gasteiger partial charge in [0.25, 0.3) is 0 Å². The van der Waals surface area contributed by atoms with Crippen LogP contribution in [0.2, 0.25) is 0 Å². The van der Waals surface area contributed by atoms with Crippen LogP contribution in [0, 0.1) is 0 Å². The highest BCUT2D eigenvalue weighted by atomic mass is 32.1. The molecule has 0 fully saturated rings. The summed E-state index contributed by atoms with van der Waals surface area (Å²) in [4.78, 5) is 15.9. The van der Waals surface area contributed by atoms with Gasteiger partial charge in [-0.25, -0.2) is 15.0 Å². The Morgan fingerprint density at radius 1 is 0.328 bits per heavy atom. The largest absolute Gasteiger partial charge is 0.309 e. The van der Waals surface area contributed by atoms with Crippen molar-refractivity contribution in [3.63, 3.8) is 0 Å². The average Bonchev–Trinajstić information content (AvgIpc) is 3.92. The van der Waals surface area contributed by atoms with E-state index >= 15 is 0 Å². The van der Waals surface area contributed by atoms with Gasteiger partial charge in [-0.15, -0.1) is 11.3 Å². The molecule has 0 amide bonds. The van der Waals surface area contributed by atoms with Crippen LogP contribution < -0.4 is 0 Å². The maximum Gasteiger partial charge on any atom is 0.164 e. The number of benzene rings is 10. The molecule has 4 nitrogen and oxygen atoms in total. The van der Waals surface area contributed by atoms with Crippen LogP contribution in [0.3, 0.4) is 0 Å². The molecule has 0 atom stereocenters. The van der Waals surface area contributed by atoms with E-state index in [0.29, 0.717) is 17.5 Å². The van der Waals surface area contributed by atoms with E-state index in [9.17, 15) is 0 Å². The normalized spacial score (nSPS) is 11.8. The van der Waals surface area contributed by atoms with Crippen LogP contribution in [0.1, 0.15) is 0 Å². The van der Waals surface area contributed by atoms with Crippen molar-refractivity contribution in [2.75, 3.05) is 0 Å². The molecule has 3 aromatic heterocycles. The molecule has 0 aliphatic rings. The zero-order valence-electron chi connectivity index (χ0n) is 34.5. The SMILES string of the molecule is c1ccc(-c2nc(-c3ccc(-n4c5ccccc5c5cc6ccccc6cc54)c(-c4cc5ccccc5c5sc6ccccc6c45)c3)nc(-c3ccccc3-c3ccccc3)n2)cc1. The number of aromatic nitrogens is 4. The fraction of sp³-hybridized carbons (Fsp3) is 0. The summed E-state index contributed by atoms with van der Waals surface area (Å²) in [5.74, 6) is 1.86. The Bertz CT molecular complexity index is 3960. The van der Waals surface area contributed by atoms with Crippen LogP contribution in [0.15, 0.2) is 218 Å². The molecule has 0 radical (unpaired) electrons. The Kier molecular flexibility index (Phi) is 8.36. The minimum Gasteiger partial charge on any atom is -0.309 e. The molecule has 5 heteroatoms. The molecule has 10 aromatic carbocycles. The van der Waals surface area contributed by atoms with Gasteiger partial charge in [0.1, 0.15) is 0 Å². The molecule has 0 unspecified atom stereocenters. The van der Waals surface area contributed by atoms with Gasteiger partial charge in [0, 0.05) is 53.2 Å². The number of fused-ring (bicyclic) bond motifs is 9. The van der Waals surface area contributed by atoms with Crippen molar-refractivity contribution in [2.24, 2.45) is 0 Å². The van der Waals surface area contributed by atoms with Crippen molar-refractivity contribution in [1.82, 2.24) is 19.5 Å². The van der Waals surface area contributed by atoms with Crippen molar-refractivity contribution in [3.8, 4) is 62.1 Å². The van der Waals surface area contributed by atoms with Crippen molar-refractivity contribution in [3.05, 3.63) is 218 Å². The highest BCUT2D eigenvalue weighted by molar-refractivity contribution is 7.26. The first kappa shape index (κ1) is 36.4. The fourth-order valence-electron chi connectivity index (χ4n) is 9.66. The topological polar surface area (TPSA) is 43.6 Å². The summed E-state index contributed by atoms with van der Waals surface area (Å²) in [6, 6.07) is 78.1. The zero-order valence-corrected chi connectivity index (χ0v) is 35.3. The second kappa shape index (κ2) is 14.7. The summed E-state index contributed by atoms with van der Waals surface area (Å²) < 4.78 is 5.02. The number of rotatable bonds is 6. The number of nitrogens with zero attached hydrogens (tertiary/aromatic N) is 4. The van der Waals surface area contributed by atoms with Crippen molar-refractivity contribution < 1.29 is 0 Å². The Morgan fingerprint density at radius 2 is 0.922 bits per heavy atom. The Balaban J connectivity index is 1.14. The molecule has 3 heterocycles. The van der Waals surface area contributed by atoms with Gasteiger partial charge in [0.05, 0.1) is 16.7 Å². The third-order valence-corrected chi connectivity index (χ3v) is 13.8. The van der Waals surface area contributed by atoms with E-state index in [-0.39, 0.29) is 0 Å². The van der Waals surface area contributed by atoms with Gasteiger partial charge >= 0.3 is 0 Å². The summed E-state index contributed by atoms with van der Waals surface area (Å²) in [6.07, 6.45) is 0. The first-order chi connectivity index (χ1) is 31.7. The van der Waals surface area contributed by atoms with Gasteiger partial charge in [-0.05, 0) is 86.8 Å². The summed E-state index contributed by atoms with van der Waals surface area (Å²) in [6.45, 7) is 0. The van der Waals surface area contributed by atoms with Gasteiger partial charge in [-0.3, -0.25) is 0 Å². The minimum atomic E-state index is 0.611. The van der Waals surface area contributed by atoms with E-state index in [2.05, 4.69) is 199 Å². The summed E-state index contributed by atoms with van der Waals surface area (Å²) in [5, 5.41) is 9.83. The fourth-order valence-corrected chi connectivity index (χ4v) is 10.9. The molecule has 13 aromatic rings. The first-order valence-corrected chi connectivity index (χ1v) is 22.4. The van der Waals surface area contributed by atoms with E-state index in [1.807, 2.05) is 35.6 Å². The molecule has 0 saturated heterocycles. The Labute approximate surface area is 373 Å². The van der Waals surface area contributed by atoms with Crippen molar-refractivity contribution in [1.29, 1.82) is 0 Å². The summed E-state index contributed by atoms with van der Waals surface area (Å²) in [5.41, 5.74) is 10.6. The molecule has 298 valence electrons. The standard InChI is InChI=1S/C59H36N4S/c1-3-17-37(18-4-1)43-24-11-12-27-46(43)59-61-57(38-19-5-2-6-20-38)60-58(62-59)42-31-32-52(63-51-29-15-13-26-45(51)48-33-39-21-7-8-22-40(39)36-53(48)63)49(35-42)50-34-41-23-9-10-25-44(41)56-55(50)47-28-14-16-30-54(47)64-56/h1-36H. The third kappa shape index (κ3) is 5.86. The first-order valence-electron chi connectivity index (χ1n) is 21.6. The molecular weight excluding hydrogens is 797 g/mol. The quantitative estimate of drug-likeness (QED) is 0.168. The van der Waals surface area contributed by atoms with Gasteiger partial charge < -0.3 is 4.57 Å². The molecule has 0 aliphatic heterocycles. The Morgan fingerprint density at radius 3 is 1.72 bits per heavy atom. The molecule has 0 N–H and O–H groups in total.